The van der Waals surface area contributed by atoms with Gasteiger partial charge in [-0.3, -0.25) is 0 Å². The number of carbonyl (C=O) groups excluding carboxylic acids is 1. The van der Waals surface area contributed by atoms with E-state index in [4.69, 9.17) is 4.74 Å². The Morgan fingerprint density at radius 3 is 2.13 bits per heavy atom. The van der Waals surface area contributed by atoms with E-state index in [9.17, 15) is 24.6 Å². The minimum Gasteiger partial charge on any atom is -0.478 e. The number of carboxylic acids is 2. The molecule has 7 heteroatoms. The monoisotopic (exact) mass is 411 g/mol. The van der Waals surface area contributed by atoms with E-state index >= 15 is 0 Å². The lowest BCUT2D eigenvalue weighted by Crippen LogP contribution is -2.31. The average Bonchev–Trinajstić information content (AvgIpc) is 3.18. The molecule has 158 valence electrons. The summed E-state index contributed by atoms with van der Waals surface area (Å²) in [6.07, 6.45) is 6.63. The molecule has 3 N–H and O–H groups in total. The Morgan fingerprint density at radius 2 is 1.57 bits per heavy atom. The SMILES string of the molecule is CC1=C(C(=O)O)C(c2ccccc2/C=C/C(=O)OC2CCCC2)C(C(=O)O)=C(C)N1. The molecule has 1 saturated carbocycles. The molecule has 0 aromatic heterocycles. The Kier molecular flexibility index (Phi) is 6.40. The summed E-state index contributed by atoms with van der Waals surface area (Å²) in [6.45, 7) is 3.21. The first kappa shape index (κ1) is 21.4. The van der Waals surface area contributed by atoms with E-state index < -0.39 is 23.8 Å². The van der Waals surface area contributed by atoms with Gasteiger partial charge in [0.1, 0.15) is 6.10 Å². The second-order valence-electron chi connectivity index (χ2n) is 7.55. The lowest BCUT2D eigenvalue weighted by molar-refractivity contribution is -0.142. The fourth-order valence-corrected chi connectivity index (χ4v) is 4.17. The van der Waals surface area contributed by atoms with E-state index in [1.165, 1.54) is 6.08 Å². The van der Waals surface area contributed by atoms with Gasteiger partial charge in [0.25, 0.3) is 0 Å². The molecular formula is C23H25NO6. The minimum atomic E-state index is -1.20. The molecule has 2 aliphatic rings. The van der Waals surface area contributed by atoms with Crippen LogP contribution in [0.25, 0.3) is 6.08 Å². The molecule has 1 aliphatic heterocycles. The normalized spacial score (nSPS) is 18.1. The van der Waals surface area contributed by atoms with E-state index in [1.807, 2.05) is 0 Å². The maximum Gasteiger partial charge on any atom is 0.334 e. The maximum atomic E-state index is 12.2. The molecule has 0 unspecified atom stereocenters. The molecule has 0 amide bonds. The van der Waals surface area contributed by atoms with Crippen LogP contribution in [0, 0.1) is 0 Å². The number of hydrogen-bond donors (Lipinski definition) is 3. The highest BCUT2D eigenvalue weighted by Gasteiger charge is 2.37. The largest absolute Gasteiger partial charge is 0.478 e. The highest BCUT2D eigenvalue weighted by atomic mass is 16.5. The topological polar surface area (TPSA) is 113 Å². The molecule has 0 spiro atoms. The van der Waals surface area contributed by atoms with Gasteiger partial charge < -0.3 is 20.3 Å². The molecule has 1 fully saturated rings. The maximum absolute atomic E-state index is 12.2. The van der Waals surface area contributed by atoms with Crippen molar-refractivity contribution < 1.29 is 29.3 Å². The lowest BCUT2D eigenvalue weighted by atomic mass is 9.78. The Bertz CT molecular complexity index is 930. The van der Waals surface area contributed by atoms with Gasteiger partial charge in [-0.1, -0.05) is 24.3 Å². The first-order chi connectivity index (χ1) is 14.3. The minimum absolute atomic E-state index is 0.0348. The molecule has 1 heterocycles. The van der Waals surface area contributed by atoms with Gasteiger partial charge in [-0.05, 0) is 56.7 Å². The first-order valence-corrected chi connectivity index (χ1v) is 9.92. The average molecular weight is 411 g/mol. The summed E-state index contributed by atoms with van der Waals surface area (Å²) in [5, 5.41) is 22.4. The molecule has 3 rings (SSSR count). The fourth-order valence-electron chi connectivity index (χ4n) is 4.17. The summed E-state index contributed by atoms with van der Waals surface area (Å²) >= 11 is 0. The summed E-state index contributed by atoms with van der Waals surface area (Å²) in [5.41, 5.74) is 1.76. The third kappa shape index (κ3) is 4.45. The van der Waals surface area contributed by atoms with E-state index in [1.54, 1.807) is 44.2 Å². The highest BCUT2D eigenvalue weighted by Crippen LogP contribution is 2.40. The molecule has 7 nitrogen and oxygen atoms in total. The number of dihydropyridines is 1. The van der Waals surface area contributed by atoms with Crippen LogP contribution in [0.5, 0.6) is 0 Å². The number of esters is 1. The standard InChI is InChI=1S/C23H25NO6/c1-13-19(22(26)27)21(20(23(28)29)14(2)24-13)17-10-6-3-7-15(17)11-12-18(25)30-16-8-4-5-9-16/h3,6-7,10-12,16,21,24H,4-5,8-9H2,1-2H3,(H,26,27)(H,28,29)/b12-11+. The van der Waals surface area contributed by atoms with Gasteiger partial charge in [0.05, 0.1) is 17.1 Å². The van der Waals surface area contributed by atoms with Crippen molar-refractivity contribution in [3.8, 4) is 0 Å². The summed E-state index contributed by atoms with van der Waals surface area (Å²) in [7, 11) is 0. The third-order valence-corrected chi connectivity index (χ3v) is 5.51. The predicted molar refractivity (Wildman–Crippen MR) is 110 cm³/mol. The summed E-state index contributed by atoms with van der Waals surface area (Å²) in [4.78, 5) is 36.2. The van der Waals surface area contributed by atoms with Crippen LogP contribution in [0.1, 0.15) is 56.6 Å². The van der Waals surface area contributed by atoms with Gasteiger partial charge in [-0.2, -0.15) is 0 Å². The zero-order chi connectivity index (χ0) is 21.8. The summed E-state index contributed by atoms with van der Waals surface area (Å²) < 4.78 is 5.43. The molecule has 1 aromatic carbocycles. The van der Waals surface area contributed by atoms with Crippen molar-refractivity contribution in [1.82, 2.24) is 5.32 Å². The number of nitrogens with one attached hydrogen (secondary N) is 1. The molecule has 0 atom stereocenters. The van der Waals surface area contributed by atoms with Crippen molar-refractivity contribution in [1.29, 1.82) is 0 Å². The number of benzene rings is 1. The molecule has 0 saturated heterocycles. The van der Waals surface area contributed by atoms with Crippen molar-refractivity contribution in [3.05, 3.63) is 64.0 Å². The van der Waals surface area contributed by atoms with Gasteiger partial charge >= 0.3 is 17.9 Å². The van der Waals surface area contributed by atoms with Crippen LogP contribution >= 0.6 is 0 Å². The Morgan fingerprint density at radius 1 is 1.00 bits per heavy atom. The quantitative estimate of drug-likeness (QED) is 0.484. The molecule has 0 radical (unpaired) electrons. The Balaban J connectivity index is 2.00. The molecular weight excluding hydrogens is 386 g/mol. The molecule has 0 bridgehead atoms. The number of carboxylic acid groups (broad SMARTS) is 2. The number of allylic oxidation sites excluding steroid dienone is 2. The van der Waals surface area contributed by atoms with Crippen LogP contribution < -0.4 is 5.32 Å². The van der Waals surface area contributed by atoms with Crippen molar-refractivity contribution in [2.24, 2.45) is 0 Å². The number of hydrogen-bond acceptors (Lipinski definition) is 5. The van der Waals surface area contributed by atoms with Crippen LogP contribution in [0.4, 0.5) is 0 Å². The number of rotatable bonds is 6. The van der Waals surface area contributed by atoms with Crippen LogP contribution in [0.15, 0.2) is 52.9 Å². The highest BCUT2D eigenvalue weighted by molar-refractivity contribution is 5.99. The number of aliphatic carboxylic acids is 2. The zero-order valence-corrected chi connectivity index (χ0v) is 17.0. The summed E-state index contributed by atoms with van der Waals surface area (Å²) in [6, 6.07) is 6.88. The smallest absolute Gasteiger partial charge is 0.334 e. The Labute approximate surface area is 174 Å². The van der Waals surface area contributed by atoms with Crippen LogP contribution in [0.3, 0.4) is 0 Å². The molecule has 30 heavy (non-hydrogen) atoms. The second-order valence-corrected chi connectivity index (χ2v) is 7.55. The second kappa shape index (κ2) is 8.98. The lowest BCUT2D eigenvalue weighted by Gasteiger charge is -2.29. The van der Waals surface area contributed by atoms with Gasteiger partial charge in [0.15, 0.2) is 0 Å². The third-order valence-electron chi connectivity index (χ3n) is 5.51. The van der Waals surface area contributed by atoms with E-state index in [2.05, 4.69) is 5.32 Å². The van der Waals surface area contributed by atoms with E-state index in [0.717, 1.165) is 25.7 Å². The Hall–Kier alpha value is -3.35. The summed E-state index contributed by atoms with van der Waals surface area (Å²) in [5.74, 6) is -3.84. The van der Waals surface area contributed by atoms with Crippen LogP contribution in [-0.4, -0.2) is 34.2 Å². The van der Waals surface area contributed by atoms with Crippen molar-refractivity contribution in [3.63, 3.8) is 0 Å². The van der Waals surface area contributed by atoms with Gasteiger partial charge in [-0.25, -0.2) is 14.4 Å². The van der Waals surface area contributed by atoms with Crippen LogP contribution in [-0.2, 0) is 19.1 Å². The van der Waals surface area contributed by atoms with Gasteiger partial charge in [0.2, 0.25) is 0 Å². The van der Waals surface area contributed by atoms with Crippen molar-refractivity contribution in [2.75, 3.05) is 0 Å². The predicted octanol–water partition coefficient (Wildman–Crippen LogP) is 3.59. The van der Waals surface area contributed by atoms with Crippen LogP contribution in [0.2, 0.25) is 0 Å². The molecule has 1 aromatic rings. The number of carbonyl (C=O) groups is 3. The van der Waals surface area contributed by atoms with E-state index in [-0.39, 0.29) is 17.3 Å². The fraction of sp³-hybridized carbons (Fsp3) is 0.348. The van der Waals surface area contributed by atoms with Gasteiger partial charge in [-0.15, -0.1) is 0 Å². The first-order valence-electron chi connectivity index (χ1n) is 9.92. The zero-order valence-electron chi connectivity index (χ0n) is 17.0. The van der Waals surface area contributed by atoms with Gasteiger partial charge in [0, 0.05) is 17.5 Å². The van der Waals surface area contributed by atoms with Crippen molar-refractivity contribution >= 4 is 24.0 Å². The van der Waals surface area contributed by atoms with Crippen molar-refractivity contribution in [2.45, 2.75) is 51.6 Å². The number of ether oxygens (including phenoxy) is 1. The molecule has 1 aliphatic carbocycles. The van der Waals surface area contributed by atoms with E-state index in [0.29, 0.717) is 22.5 Å².